The molecular weight excluding hydrogens is 212 g/mol. The number of carbonyl (C=O) groups is 1. The van der Waals surface area contributed by atoms with E-state index in [1.54, 1.807) is 19.1 Å². The maximum atomic E-state index is 12.5. The third-order valence-electron chi connectivity index (χ3n) is 2.98. The van der Waals surface area contributed by atoms with E-state index in [0.717, 1.165) is 0 Å². The van der Waals surface area contributed by atoms with E-state index in [9.17, 15) is 9.90 Å². The molecule has 17 heavy (non-hydrogen) atoms. The van der Waals surface area contributed by atoms with Crippen LogP contribution in [0.2, 0.25) is 0 Å². The van der Waals surface area contributed by atoms with Crippen molar-refractivity contribution >= 4 is 5.78 Å². The van der Waals surface area contributed by atoms with Crippen LogP contribution in [-0.4, -0.2) is 16.5 Å². The van der Waals surface area contributed by atoms with Crippen LogP contribution in [0.15, 0.2) is 23.3 Å². The van der Waals surface area contributed by atoms with Gasteiger partial charge in [0.1, 0.15) is 0 Å². The molecule has 0 atom stereocenters. The lowest BCUT2D eigenvalue weighted by atomic mass is 9.70. The first-order valence-corrected chi connectivity index (χ1v) is 6.08. The van der Waals surface area contributed by atoms with E-state index in [1.165, 1.54) is 0 Å². The minimum atomic E-state index is -1.03. The second kappa shape index (κ2) is 3.81. The van der Waals surface area contributed by atoms with Crippen molar-refractivity contribution in [2.75, 3.05) is 0 Å². The normalized spacial score (nSPS) is 21.1. The van der Waals surface area contributed by atoms with E-state index < -0.39 is 5.60 Å². The van der Waals surface area contributed by atoms with Crippen molar-refractivity contribution in [1.29, 1.82) is 0 Å². The van der Waals surface area contributed by atoms with Gasteiger partial charge in [-0.05, 0) is 29.9 Å². The fourth-order valence-corrected chi connectivity index (χ4v) is 2.02. The number of hydrogen-bond donors (Lipinski definition) is 1. The third-order valence-corrected chi connectivity index (χ3v) is 2.98. The molecule has 0 aromatic heterocycles. The van der Waals surface area contributed by atoms with Crippen molar-refractivity contribution in [2.45, 2.75) is 54.1 Å². The minimum absolute atomic E-state index is 0.0662. The zero-order valence-electron chi connectivity index (χ0n) is 12.0. The van der Waals surface area contributed by atoms with E-state index >= 15 is 0 Å². The van der Waals surface area contributed by atoms with Crippen LogP contribution in [0.25, 0.3) is 0 Å². The second-order valence-electron chi connectivity index (χ2n) is 7.17. The lowest BCUT2D eigenvalue weighted by Crippen LogP contribution is -2.35. The lowest BCUT2D eigenvalue weighted by Gasteiger charge is -2.35. The summed E-state index contributed by atoms with van der Waals surface area (Å²) in [7, 11) is 0. The fraction of sp³-hybridized carbons (Fsp3) is 0.667. The Morgan fingerprint density at radius 1 is 0.941 bits per heavy atom. The SMILES string of the molecule is CC1(O)C=C(C(C)(C)C)C(=O)C(C(C)(C)C)=C1. The molecule has 1 aliphatic rings. The molecule has 0 saturated heterocycles. The van der Waals surface area contributed by atoms with Gasteiger partial charge in [0.25, 0.3) is 0 Å². The van der Waals surface area contributed by atoms with Crippen LogP contribution in [0.4, 0.5) is 0 Å². The van der Waals surface area contributed by atoms with Crippen molar-refractivity contribution in [3.63, 3.8) is 0 Å². The fourth-order valence-electron chi connectivity index (χ4n) is 2.02. The maximum absolute atomic E-state index is 12.5. The van der Waals surface area contributed by atoms with Crippen molar-refractivity contribution in [3.8, 4) is 0 Å². The Labute approximate surface area is 104 Å². The van der Waals surface area contributed by atoms with E-state index in [0.29, 0.717) is 11.1 Å². The Bertz CT molecular complexity index is 360. The molecule has 0 saturated carbocycles. The Morgan fingerprint density at radius 2 is 1.24 bits per heavy atom. The summed E-state index contributed by atoms with van der Waals surface area (Å²) in [6.07, 6.45) is 3.37. The zero-order valence-corrected chi connectivity index (χ0v) is 12.0. The molecule has 0 radical (unpaired) electrons. The van der Waals surface area contributed by atoms with Crippen LogP contribution in [-0.2, 0) is 4.79 Å². The van der Waals surface area contributed by atoms with E-state index in [2.05, 4.69) is 0 Å². The molecule has 1 aliphatic carbocycles. The van der Waals surface area contributed by atoms with Gasteiger partial charge in [0.15, 0.2) is 5.78 Å². The maximum Gasteiger partial charge on any atom is 0.185 e. The van der Waals surface area contributed by atoms with Gasteiger partial charge in [-0.1, -0.05) is 41.5 Å². The summed E-state index contributed by atoms with van der Waals surface area (Å²) in [6, 6.07) is 0. The van der Waals surface area contributed by atoms with E-state index in [4.69, 9.17) is 0 Å². The van der Waals surface area contributed by atoms with E-state index in [-0.39, 0.29) is 16.6 Å². The Kier molecular flexibility index (Phi) is 3.17. The highest BCUT2D eigenvalue weighted by Crippen LogP contribution is 2.39. The first kappa shape index (κ1) is 14.2. The van der Waals surface area contributed by atoms with Crippen LogP contribution in [0.1, 0.15) is 48.5 Å². The summed E-state index contributed by atoms with van der Waals surface area (Å²) in [6.45, 7) is 13.7. The largest absolute Gasteiger partial charge is 0.382 e. The molecule has 2 heteroatoms. The van der Waals surface area contributed by atoms with Crippen LogP contribution in [0, 0.1) is 10.8 Å². The molecule has 0 bridgehead atoms. The molecule has 96 valence electrons. The molecular formula is C15H24O2. The third kappa shape index (κ3) is 3.06. The summed E-state index contributed by atoms with van der Waals surface area (Å²) >= 11 is 0. The summed E-state index contributed by atoms with van der Waals surface area (Å²) in [5.74, 6) is 0.0662. The molecule has 1 rings (SSSR count). The number of aliphatic hydroxyl groups is 1. The number of Topliss-reactive ketones (excluding diaryl/α,β-unsaturated/α-hetero) is 1. The van der Waals surface area contributed by atoms with Gasteiger partial charge >= 0.3 is 0 Å². The van der Waals surface area contributed by atoms with Gasteiger partial charge in [-0.25, -0.2) is 0 Å². The molecule has 0 aromatic carbocycles. The highest BCUT2D eigenvalue weighted by Gasteiger charge is 2.37. The van der Waals surface area contributed by atoms with Crippen molar-refractivity contribution < 1.29 is 9.90 Å². The van der Waals surface area contributed by atoms with Gasteiger partial charge in [0.2, 0.25) is 0 Å². The van der Waals surface area contributed by atoms with Crippen molar-refractivity contribution in [2.24, 2.45) is 10.8 Å². The smallest absolute Gasteiger partial charge is 0.185 e. The summed E-state index contributed by atoms with van der Waals surface area (Å²) < 4.78 is 0. The van der Waals surface area contributed by atoms with Crippen LogP contribution in [0.3, 0.4) is 0 Å². The monoisotopic (exact) mass is 236 g/mol. The topological polar surface area (TPSA) is 37.3 Å². The van der Waals surface area contributed by atoms with Crippen molar-refractivity contribution in [1.82, 2.24) is 0 Å². The first-order chi connectivity index (χ1) is 7.34. The number of carbonyl (C=O) groups excluding carboxylic acids is 1. The molecule has 0 heterocycles. The average molecular weight is 236 g/mol. The first-order valence-electron chi connectivity index (χ1n) is 6.08. The van der Waals surface area contributed by atoms with Gasteiger partial charge < -0.3 is 5.11 Å². The zero-order chi connectivity index (χ0) is 13.6. The Morgan fingerprint density at radius 3 is 1.47 bits per heavy atom. The highest BCUT2D eigenvalue weighted by atomic mass is 16.3. The Balaban J connectivity index is 3.34. The van der Waals surface area contributed by atoms with Crippen LogP contribution < -0.4 is 0 Å². The quantitative estimate of drug-likeness (QED) is 0.701. The summed E-state index contributed by atoms with van der Waals surface area (Å²) in [5.41, 5.74) is -0.110. The minimum Gasteiger partial charge on any atom is -0.382 e. The molecule has 0 unspecified atom stereocenters. The second-order valence-corrected chi connectivity index (χ2v) is 7.17. The number of rotatable bonds is 0. The predicted molar refractivity (Wildman–Crippen MR) is 70.7 cm³/mol. The highest BCUT2D eigenvalue weighted by molar-refractivity contribution is 6.11. The number of allylic oxidation sites excluding steroid dienone is 2. The molecule has 0 spiro atoms. The van der Waals surface area contributed by atoms with Crippen LogP contribution in [0.5, 0.6) is 0 Å². The van der Waals surface area contributed by atoms with Gasteiger partial charge in [-0.15, -0.1) is 0 Å². The van der Waals surface area contributed by atoms with Gasteiger partial charge in [-0.2, -0.15) is 0 Å². The predicted octanol–water partition coefficient (Wildman–Crippen LogP) is 3.27. The van der Waals surface area contributed by atoms with E-state index in [1.807, 2.05) is 41.5 Å². The Hall–Kier alpha value is -0.890. The molecule has 2 nitrogen and oxygen atoms in total. The van der Waals surface area contributed by atoms with Gasteiger partial charge in [0.05, 0.1) is 5.60 Å². The molecule has 1 N–H and O–H groups in total. The van der Waals surface area contributed by atoms with Gasteiger partial charge in [-0.3, -0.25) is 4.79 Å². The molecule has 0 aliphatic heterocycles. The number of hydrogen-bond acceptors (Lipinski definition) is 2. The summed E-state index contributed by atoms with van der Waals surface area (Å²) in [4.78, 5) is 12.5. The summed E-state index contributed by atoms with van der Waals surface area (Å²) in [5, 5.41) is 10.3. The van der Waals surface area contributed by atoms with Gasteiger partial charge in [0, 0.05) is 11.1 Å². The lowest BCUT2D eigenvalue weighted by molar-refractivity contribution is -0.114. The molecule has 0 amide bonds. The number of ketones is 1. The standard InChI is InChI=1S/C15H24O2/c1-13(2,3)10-8-15(7,17)9-11(12(10)16)14(4,5)6/h8-9,17H,1-7H3. The van der Waals surface area contributed by atoms with Crippen molar-refractivity contribution in [3.05, 3.63) is 23.3 Å². The van der Waals surface area contributed by atoms with Crippen LogP contribution >= 0.6 is 0 Å². The average Bonchev–Trinajstić information content (AvgIpc) is 2.04. The molecule has 0 fully saturated rings. The molecule has 0 aromatic rings.